The first-order chi connectivity index (χ1) is 6.74. The number of nitrogens with two attached hydrogens (primary N) is 1. The van der Waals surface area contributed by atoms with Crippen molar-refractivity contribution in [1.29, 1.82) is 0 Å². The van der Waals surface area contributed by atoms with E-state index in [1.54, 1.807) is 19.2 Å². The number of nitrogen functional groups attached to an aromatic ring is 1. The minimum atomic E-state index is 0.431. The maximum Gasteiger partial charge on any atom is 0.293 e. The molecule has 0 aromatic carbocycles. The quantitative estimate of drug-likeness (QED) is 0.725. The normalized spacial score (nSPS) is 8.43. The lowest BCUT2D eigenvalue weighted by molar-refractivity contribution is -0.128. The monoisotopic (exact) mass is 197 g/mol. The zero-order valence-corrected chi connectivity index (χ0v) is 8.43. The number of nitrogens with zero attached hydrogens (tertiary/aromatic N) is 2. The van der Waals surface area contributed by atoms with Gasteiger partial charge in [-0.1, -0.05) is 6.92 Å². The highest BCUT2D eigenvalue weighted by Crippen LogP contribution is 1.95. The fraction of sp³-hybridized carbons (Fsp3) is 0.444. The van der Waals surface area contributed by atoms with E-state index in [2.05, 4.69) is 14.7 Å². The average Bonchev–Trinajstić information content (AvgIpc) is 2.20. The summed E-state index contributed by atoms with van der Waals surface area (Å²) < 4.78 is 4.15. The van der Waals surface area contributed by atoms with Crippen molar-refractivity contribution in [1.82, 2.24) is 9.97 Å². The Kier molecular flexibility index (Phi) is 7.03. The van der Waals surface area contributed by atoms with Gasteiger partial charge in [-0.25, -0.2) is 9.97 Å². The van der Waals surface area contributed by atoms with E-state index in [4.69, 9.17) is 5.73 Å². The van der Waals surface area contributed by atoms with Gasteiger partial charge in [0.15, 0.2) is 0 Å². The van der Waals surface area contributed by atoms with E-state index >= 15 is 0 Å². The zero-order chi connectivity index (χ0) is 10.8. The van der Waals surface area contributed by atoms with Gasteiger partial charge in [0.25, 0.3) is 6.47 Å². The molecule has 78 valence electrons. The van der Waals surface area contributed by atoms with Gasteiger partial charge in [0.2, 0.25) is 0 Å². The molecule has 0 fully saturated rings. The maximum absolute atomic E-state index is 9.18. The molecule has 0 saturated carbocycles. The Morgan fingerprint density at radius 2 is 2.29 bits per heavy atom. The van der Waals surface area contributed by atoms with Crippen LogP contribution in [0.5, 0.6) is 0 Å². The van der Waals surface area contributed by atoms with E-state index in [0.717, 1.165) is 12.2 Å². The van der Waals surface area contributed by atoms with E-state index < -0.39 is 0 Å². The van der Waals surface area contributed by atoms with E-state index in [1.165, 1.54) is 0 Å². The predicted octanol–water partition coefficient (Wildman–Crippen LogP) is 0.800. The molecule has 0 saturated heterocycles. The Balaban J connectivity index is 0.000000292. The van der Waals surface area contributed by atoms with Gasteiger partial charge in [0.1, 0.15) is 11.6 Å². The van der Waals surface area contributed by atoms with E-state index in [9.17, 15) is 4.79 Å². The molecule has 1 heterocycles. The lowest BCUT2D eigenvalue weighted by Crippen LogP contribution is -1.96. The maximum atomic E-state index is 9.18. The van der Waals surface area contributed by atoms with Gasteiger partial charge in [0, 0.05) is 12.6 Å². The van der Waals surface area contributed by atoms with Crippen LogP contribution in [0.2, 0.25) is 0 Å². The Hall–Kier alpha value is -1.65. The summed E-state index contributed by atoms with van der Waals surface area (Å²) in [7, 11) is 0. The van der Waals surface area contributed by atoms with Crippen LogP contribution in [0.4, 0.5) is 5.82 Å². The molecule has 0 aliphatic heterocycles. The molecule has 1 aromatic heterocycles. The van der Waals surface area contributed by atoms with Crippen LogP contribution < -0.4 is 5.73 Å². The largest absolute Gasteiger partial charge is 0.468 e. The first-order valence-electron chi connectivity index (χ1n) is 4.37. The van der Waals surface area contributed by atoms with E-state index in [-0.39, 0.29) is 0 Å². The van der Waals surface area contributed by atoms with Gasteiger partial charge >= 0.3 is 0 Å². The van der Waals surface area contributed by atoms with Gasteiger partial charge in [-0.2, -0.15) is 0 Å². The molecule has 2 N–H and O–H groups in total. The second kappa shape index (κ2) is 7.97. The predicted molar refractivity (Wildman–Crippen MR) is 53.5 cm³/mol. The highest BCUT2D eigenvalue weighted by molar-refractivity contribution is 5.36. The number of aromatic nitrogens is 2. The van der Waals surface area contributed by atoms with Crippen LogP contribution in [-0.4, -0.2) is 23.0 Å². The lowest BCUT2D eigenvalue weighted by Gasteiger charge is -1.93. The number of aryl methyl sites for hydroxylation is 1. The highest BCUT2D eigenvalue weighted by Gasteiger charge is 1.89. The topological polar surface area (TPSA) is 78.1 Å². The minimum Gasteiger partial charge on any atom is -0.468 e. The zero-order valence-electron chi connectivity index (χ0n) is 8.43. The van der Waals surface area contributed by atoms with Crippen LogP contribution in [0.25, 0.3) is 0 Å². The molecule has 0 radical (unpaired) electrons. The highest BCUT2D eigenvalue weighted by atomic mass is 16.5. The fourth-order valence-electron chi connectivity index (χ4n) is 0.653. The molecule has 0 amide bonds. The summed E-state index contributed by atoms with van der Waals surface area (Å²) in [5.74, 6) is 1.34. The molecule has 0 bridgehead atoms. The summed E-state index contributed by atoms with van der Waals surface area (Å²) in [6.45, 7) is 4.66. The van der Waals surface area contributed by atoms with Gasteiger partial charge in [-0.15, -0.1) is 0 Å². The van der Waals surface area contributed by atoms with Crippen molar-refractivity contribution >= 4 is 12.3 Å². The minimum absolute atomic E-state index is 0.431. The summed E-state index contributed by atoms with van der Waals surface area (Å²) in [5.41, 5.74) is 5.38. The van der Waals surface area contributed by atoms with Crippen molar-refractivity contribution in [2.24, 2.45) is 0 Å². The number of hydrogen-bond donors (Lipinski definition) is 1. The number of hydrogen-bond acceptors (Lipinski definition) is 5. The molecule has 1 rings (SSSR count). The Morgan fingerprint density at radius 1 is 1.57 bits per heavy atom. The molecular formula is C9H15N3O2. The molecule has 0 spiro atoms. The van der Waals surface area contributed by atoms with Gasteiger partial charge < -0.3 is 10.5 Å². The number of carbonyl (C=O) groups is 1. The van der Waals surface area contributed by atoms with Crippen molar-refractivity contribution in [3.8, 4) is 0 Å². The lowest BCUT2D eigenvalue weighted by atomic mass is 10.4. The Labute approximate surface area is 83.3 Å². The summed E-state index contributed by atoms with van der Waals surface area (Å²) in [4.78, 5) is 17.1. The van der Waals surface area contributed by atoms with Crippen LogP contribution in [-0.2, 0) is 16.0 Å². The van der Waals surface area contributed by atoms with Crippen LogP contribution in [0.1, 0.15) is 19.7 Å². The standard InChI is InChI=1S/C6H9N3.C3H6O2/c1-2-6-8-4-3-5(7)9-6;1-2-5-3-4/h3-4H,2H2,1H3,(H2,7,8,9);3H,2H2,1H3. The third-order valence-electron chi connectivity index (χ3n) is 1.28. The number of ether oxygens (including phenoxy) is 1. The molecule has 14 heavy (non-hydrogen) atoms. The molecule has 0 aliphatic rings. The second-order valence-corrected chi connectivity index (χ2v) is 2.30. The van der Waals surface area contributed by atoms with Crippen molar-refractivity contribution in [2.75, 3.05) is 12.3 Å². The summed E-state index contributed by atoms with van der Waals surface area (Å²) >= 11 is 0. The summed E-state index contributed by atoms with van der Waals surface area (Å²) in [5, 5.41) is 0. The first-order valence-corrected chi connectivity index (χ1v) is 4.37. The van der Waals surface area contributed by atoms with Gasteiger partial charge in [-0.3, -0.25) is 4.79 Å². The van der Waals surface area contributed by atoms with Crippen LogP contribution in [0.15, 0.2) is 12.3 Å². The van der Waals surface area contributed by atoms with Crippen molar-refractivity contribution in [3.63, 3.8) is 0 Å². The molecule has 5 heteroatoms. The Bertz CT molecular complexity index is 266. The second-order valence-electron chi connectivity index (χ2n) is 2.30. The Morgan fingerprint density at radius 3 is 2.57 bits per heavy atom. The van der Waals surface area contributed by atoms with Crippen LogP contribution >= 0.6 is 0 Å². The molecular weight excluding hydrogens is 182 g/mol. The summed E-state index contributed by atoms with van der Waals surface area (Å²) in [6, 6.07) is 1.68. The number of rotatable bonds is 3. The molecule has 5 nitrogen and oxygen atoms in total. The fourth-order valence-corrected chi connectivity index (χ4v) is 0.653. The van der Waals surface area contributed by atoms with E-state index in [0.29, 0.717) is 18.9 Å². The number of anilines is 1. The SMILES string of the molecule is CCOC=O.CCc1nccc(N)n1. The van der Waals surface area contributed by atoms with Crippen LogP contribution in [0.3, 0.4) is 0 Å². The van der Waals surface area contributed by atoms with Gasteiger partial charge in [0.05, 0.1) is 6.61 Å². The number of carbonyl (C=O) groups excluding carboxylic acids is 1. The van der Waals surface area contributed by atoms with Crippen molar-refractivity contribution in [3.05, 3.63) is 18.1 Å². The molecule has 0 unspecified atom stereocenters. The summed E-state index contributed by atoms with van der Waals surface area (Å²) in [6.07, 6.45) is 2.51. The molecule has 0 aliphatic carbocycles. The third-order valence-corrected chi connectivity index (χ3v) is 1.28. The average molecular weight is 197 g/mol. The van der Waals surface area contributed by atoms with Crippen molar-refractivity contribution in [2.45, 2.75) is 20.3 Å². The molecule has 0 atom stereocenters. The van der Waals surface area contributed by atoms with Crippen molar-refractivity contribution < 1.29 is 9.53 Å². The molecule has 1 aromatic rings. The van der Waals surface area contributed by atoms with Gasteiger partial charge in [-0.05, 0) is 13.0 Å². The third kappa shape index (κ3) is 5.93. The first kappa shape index (κ1) is 12.3. The smallest absolute Gasteiger partial charge is 0.293 e. The van der Waals surface area contributed by atoms with Crippen LogP contribution in [0, 0.1) is 0 Å². The van der Waals surface area contributed by atoms with E-state index in [1.807, 2.05) is 6.92 Å².